The second kappa shape index (κ2) is 7.80. The highest BCUT2D eigenvalue weighted by molar-refractivity contribution is 7.22. The minimum absolute atomic E-state index is 0.0194. The van der Waals surface area contributed by atoms with E-state index in [1.54, 1.807) is 11.3 Å². The van der Waals surface area contributed by atoms with Crippen LogP contribution in [-0.2, 0) is 6.54 Å². The van der Waals surface area contributed by atoms with Gasteiger partial charge in [-0.05, 0) is 62.6 Å². The lowest BCUT2D eigenvalue weighted by Crippen LogP contribution is -2.30. The van der Waals surface area contributed by atoms with E-state index >= 15 is 0 Å². The number of anilines is 1. The van der Waals surface area contributed by atoms with Gasteiger partial charge >= 0.3 is 0 Å². The number of carbonyl (C=O) groups excluding carboxylic acids is 1. The average molecular weight is 401 g/mol. The van der Waals surface area contributed by atoms with E-state index in [2.05, 4.69) is 32.0 Å². The van der Waals surface area contributed by atoms with Crippen LogP contribution in [0.4, 0.5) is 5.13 Å². The number of rotatable bonds is 4. The standard InChI is InChI=1S/C25H24N2OS/c1-16-10-17(2)13-21(12-16)24(28)27(15-20-8-6-5-7-9-20)25-26-23-19(4)11-18(3)14-22(23)29-25/h5-14H,15H2,1-4H3. The Labute approximate surface area is 175 Å². The number of hydrogen-bond donors (Lipinski definition) is 0. The fourth-order valence-electron chi connectivity index (χ4n) is 3.72. The van der Waals surface area contributed by atoms with Crippen molar-refractivity contribution in [3.8, 4) is 0 Å². The summed E-state index contributed by atoms with van der Waals surface area (Å²) in [6.45, 7) is 8.70. The summed E-state index contributed by atoms with van der Waals surface area (Å²) in [6.07, 6.45) is 0. The first-order chi connectivity index (χ1) is 13.9. The molecule has 0 saturated heterocycles. The fourth-order valence-corrected chi connectivity index (χ4v) is 4.86. The van der Waals surface area contributed by atoms with E-state index in [-0.39, 0.29) is 5.91 Å². The zero-order valence-electron chi connectivity index (χ0n) is 17.2. The molecule has 0 spiro atoms. The third-order valence-corrected chi connectivity index (χ3v) is 5.97. The Balaban J connectivity index is 1.82. The molecule has 0 N–H and O–H groups in total. The highest BCUT2D eigenvalue weighted by atomic mass is 32.1. The Morgan fingerprint density at radius 3 is 2.24 bits per heavy atom. The number of aryl methyl sites for hydroxylation is 4. The Bertz CT molecular complexity index is 1170. The molecule has 0 atom stereocenters. The van der Waals surface area contributed by atoms with Gasteiger partial charge in [0.25, 0.3) is 5.91 Å². The quantitative estimate of drug-likeness (QED) is 0.398. The molecule has 4 rings (SSSR count). The topological polar surface area (TPSA) is 33.2 Å². The molecule has 3 nitrogen and oxygen atoms in total. The fraction of sp³-hybridized carbons (Fsp3) is 0.200. The third kappa shape index (κ3) is 4.08. The predicted molar refractivity (Wildman–Crippen MR) is 122 cm³/mol. The molecule has 146 valence electrons. The first-order valence-corrected chi connectivity index (χ1v) is 10.5. The van der Waals surface area contributed by atoms with Crippen molar-refractivity contribution in [1.29, 1.82) is 0 Å². The van der Waals surface area contributed by atoms with E-state index in [0.717, 1.165) is 37.6 Å². The van der Waals surface area contributed by atoms with E-state index in [0.29, 0.717) is 12.1 Å². The number of carbonyl (C=O) groups is 1. The molecule has 4 aromatic rings. The second-order valence-electron chi connectivity index (χ2n) is 7.68. The summed E-state index contributed by atoms with van der Waals surface area (Å²) in [4.78, 5) is 20.2. The van der Waals surface area contributed by atoms with Crippen molar-refractivity contribution in [2.24, 2.45) is 0 Å². The molecule has 0 aliphatic heterocycles. The molecule has 0 radical (unpaired) electrons. The molecule has 29 heavy (non-hydrogen) atoms. The lowest BCUT2D eigenvalue weighted by atomic mass is 10.1. The number of nitrogens with zero attached hydrogens (tertiary/aromatic N) is 2. The molecular weight excluding hydrogens is 376 g/mol. The van der Waals surface area contributed by atoms with Crippen LogP contribution in [0.1, 0.15) is 38.2 Å². The van der Waals surface area contributed by atoms with E-state index in [1.165, 1.54) is 5.56 Å². The molecule has 1 aromatic heterocycles. The first kappa shape index (κ1) is 19.3. The van der Waals surface area contributed by atoms with Gasteiger partial charge in [-0.2, -0.15) is 0 Å². The van der Waals surface area contributed by atoms with Crippen molar-refractivity contribution in [2.45, 2.75) is 34.2 Å². The molecule has 0 bridgehead atoms. The molecule has 0 aliphatic rings. The summed E-state index contributed by atoms with van der Waals surface area (Å²) in [5.41, 5.74) is 7.28. The van der Waals surface area contributed by atoms with Crippen LogP contribution in [-0.4, -0.2) is 10.9 Å². The van der Waals surface area contributed by atoms with Gasteiger partial charge in [0.1, 0.15) is 0 Å². The summed E-state index contributed by atoms with van der Waals surface area (Å²) >= 11 is 1.58. The zero-order valence-corrected chi connectivity index (χ0v) is 18.0. The normalized spacial score (nSPS) is 11.0. The largest absolute Gasteiger partial charge is 0.279 e. The molecule has 1 heterocycles. The summed E-state index contributed by atoms with van der Waals surface area (Å²) < 4.78 is 1.11. The number of aromatic nitrogens is 1. The summed E-state index contributed by atoms with van der Waals surface area (Å²) in [7, 11) is 0. The highest BCUT2D eigenvalue weighted by Crippen LogP contribution is 2.33. The number of amides is 1. The molecule has 0 fully saturated rings. The van der Waals surface area contributed by atoms with Gasteiger partial charge in [-0.3, -0.25) is 9.69 Å². The van der Waals surface area contributed by atoms with Crippen LogP contribution in [0.2, 0.25) is 0 Å². The number of hydrogen-bond acceptors (Lipinski definition) is 3. The smallest absolute Gasteiger partial charge is 0.260 e. The molecule has 0 aliphatic carbocycles. The SMILES string of the molecule is Cc1cc(C)cc(C(=O)N(Cc2ccccc2)c2nc3c(C)cc(C)cc3s2)c1. The second-order valence-corrected chi connectivity index (χ2v) is 8.69. The Kier molecular flexibility index (Phi) is 5.20. The van der Waals surface area contributed by atoms with Gasteiger partial charge in [0.2, 0.25) is 0 Å². The van der Waals surface area contributed by atoms with Gasteiger partial charge in [0.15, 0.2) is 5.13 Å². The zero-order chi connectivity index (χ0) is 20.5. The van der Waals surface area contributed by atoms with Gasteiger partial charge in [-0.25, -0.2) is 4.98 Å². The Hall–Kier alpha value is -2.98. The lowest BCUT2D eigenvalue weighted by molar-refractivity contribution is 0.0985. The van der Waals surface area contributed by atoms with Gasteiger partial charge in [-0.15, -0.1) is 0 Å². The highest BCUT2D eigenvalue weighted by Gasteiger charge is 2.22. The molecule has 0 unspecified atom stereocenters. The maximum atomic E-state index is 13.6. The van der Waals surface area contributed by atoms with Crippen LogP contribution >= 0.6 is 11.3 Å². The van der Waals surface area contributed by atoms with Crippen LogP contribution in [0.5, 0.6) is 0 Å². The number of fused-ring (bicyclic) bond motifs is 1. The van der Waals surface area contributed by atoms with Crippen LogP contribution in [0.3, 0.4) is 0 Å². The number of benzene rings is 3. The monoisotopic (exact) mass is 400 g/mol. The lowest BCUT2D eigenvalue weighted by Gasteiger charge is -2.20. The van der Waals surface area contributed by atoms with Crippen molar-refractivity contribution in [3.63, 3.8) is 0 Å². The molecule has 0 saturated carbocycles. The van der Waals surface area contributed by atoms with Gasteiger partial charge in [0.05, 0.1) is 16.8 Å². The van der Waals surface area contributed by atoms with Crippen LogP contribution in [0.25, 0.3) is 10.2 Å². The van der Waals surface area contributed by atoms with Crippen molar-refractivity contribution in [2.75, 3.05) is 4.90 Å². The molecule has 3 aromatic carbocycles. The Morgan fingerprint density at radius 1 is 0.897 bits per heavy atom. The molecule has 1 amide bonds. The van der Waals surface area contributed by atoms with Gasteiger partial charge in [-0.1, -0.05) is 64.9 Å². The van der Waals surface area contributed by atoms with E-state index in [1.807, 2.05) is 61.2 Å². The summed E-state index contributed by atoms with van der Waals surface area (Å²) in [6, 6.07) is 20.4. The minimum atomic E-state index is -0.0194. The van der Waals surface area contributed by atoms with Crippen molar-refractivity contribution in [1.82, 2.24) is 4.98 Å². The van der Waals surface area contributed by atoms with Crippen molar-refractivity contribution >= 4 is 32.6 Å². The predicted octanol–water partition coefficient (Wildman–Crippen LogP) is 6.38. The molecule has 4 heteroatoms. The number of thiazole rings is 1. The maximum absolute atomic E-state index is 13.6. The average Bonchev–Trinajstić information content (AvgIpc) is 3.09. The Morgan fingerprint density at radius 2 is 1.55 bits per heavy atom. The summed E-state index contributed by atoms with van der Waals surface area (Å²) in [5, 5.41) is 0.738. The van der Waals surface area contributed by atoms with E-state index < -0.39 is 0 Å². The summed E-state index contributed by atoms with van der Waals surface area (Å²) in [5.74, 6) is -0.0194. The third-order valence-electron chi connectivity index (χ3n) is 4.95. The van der Waals surface area contributed by atoms with Crippen LogP contribution in [0, 0.1) is 27.7 Å². The van der Waals surface area contributed by atoms with Gasteiger partial charge < -0.3 is 0 Å². The van der Waals surface area contributed by atoms with Gasteiger partial charge in [0, 0.05) is 5.56 Å². The maximum Gasteiger partial charge on any atom is 0.260 e. The molecular formula is C25H24N2OS. The van der Waals surface area contributed by atoms with E-state index in [9.17, 15) is 4.79 Å². The van der Waals surface area contributed by atoms with Crippen LogP contribution in [0.15, 0.2) is 60.7 Å². The first-order valence-electron chi connectivity index (χ1n) is 9.72. The van der Waals surface area contributed by atoms with E-state index in [4.69, 9.17) is 4.98 Å². The van der Waals surface area contributed by atoms with Crippen molar-refractivity contribution < 1.29 is 4.79 Å². The van der Waals surface area contributed by atoms with Crippen LogP contribution < -0.4 is 4.90 Å². The van der Waals surface area contributed by atoms with Crippen molar-refractivity contribution in [3.05, 3.63) is 94.0 Å². The minimum Gasteiger partial charge on any atom is -0.279 e.